The van der Waals surface area contributed by atoms with Crippen LogP contribution in [0.1, 0.15) is 61.0 Å². The number of hydrogen-bond donors (Lipinski definition) is 0. The van der Waals surface area contributed by atoms with E-state index in [4.69, 9.17) is 18.4 Å². The topological polar surface area (TPSA) is 57.2 Å². The van der Waals surface area contributed by atoms with Crippen molar-refractivity contribution >= 4 is 22.5 Å². The van der Waals surface area contributed by atoms with Gasteiger partial charge in [-0.25, -0.2) is 5.06 Å². The molecule has 37 heavy (non-hydrogen) atoms. The number of benzene rings is 1. The van der Waals surface area contributed by atoms with E-state index < -0.39 is 16.6 Å². The van der Waals surface area contributed by atoms with E-state index in [1.165, 1.54) is 12.2 Å². The highest BCUT2D eigenvalue weighted by Crippen LogP contribution is 2.34. The first-order valence-corrected chi connectivity index (χ1v) is 19.5. The number of nitrogens with zero attached hydrogens (tertiary/aromatic N) is 1. The van der Waals surface area contributed by atoms with Crippen molar-refractivity contribution in [1.29, 1.82) is 0 Å². The van der Waals surface area contributed by atoms with Gasteiger partial charge in [0.2, 0.25) is 0 Å². The maximum absolute atomic E-state index is 13.3. The van der Waals surface area contributed by atoms with Gasteiger partial charge in [-0.05, 0) is 41.8 Å². The van der Waals surface area contributed by atoms with Gasteiger partial charge in [-0.1, -0.05) is 85.7 Å². The zero-order valence-electron chi connectivity index (χ0n) is 25.3. The normalized spacial score (nSPS) is 15.7. The highest BCUT2D eigenvalue weighted by atomic mass is 28.4. The summed E-state index contributed by atoms with van der Waals surface area (Å²) in [4.78, 5) is 18.6. The molecule has 0 spiro atoms. The molecular weight excluding hydrogens is 498 g/mol. The van der Waals surface area contributed by atoms with E-state index in [2.05, 4.69) is 60.6 Å². The van der Waals surface area contributed by atoms with Crippen molar-refractivity contribution in [2.75, 3.05) is 20.8 Å². The van der Waals surface area contributed by atoms with Crippen LogP contribution >= 0.6 is 0 Å². The average molecular weight is 554 g/mol. The molecule has 0 N–H and O–H groups in total. The lowest BCUT2D eigenvalue weighted by atomic mass is 9.89. The van der Waals surface area contributed by atoms with Crippen LogP contribution in [0.25, 0.3) is 0 Å². The Morgan fingerprint density at radius 3 is 1.78 bits per heavy atom. The van der Waals surface area contributed by atoms with Crippen LogP contribution in [0, 0.1) is 11.8 Å². The molecule has 0 bridgehead atoms. The lowest BCUT2D eigenvalue weighted by molar-refractivity contribution is -0.177. The molecule has 0 aliphatic carbocycles. The summed E-state index contributed by atoms with van der Waals surface area (Å²) in [5.41, 5.74) is 1.14. The highest BCUT2D eigenvalue weighted by molar-refractivity contribution is 6.74. The summed E-state index contributed by atoms with van der Waals surface area (Å²) in [6.07, 6.45) is -0.431. The third kappa shape index (κ3) is 9.58. The van der Waals surface area contributed by atoms with Gasteiger partial charge in [0, 0.05) is 13.0 Å². The van der Waals surface area contributed by atoms with E-state index in [9.17, 15) is 4.79 Å². The molecule has 1 rings (SSSR count). The number of ether oxygens (including phenoxy) is 1. The number of hydrogen-bond acceptors (Lipinski definition) is 5. The molecular formula is C29H55NO5Si2. The molecule has 1 amide bonds. The first-order valence-electron chi connectivity index (χ1n) is 14.4. The third-order valence-electron chi connectivity index (χ3n) is 8.62. The van der Waals surface area contributed by atoms with Crippen LogP contribution in [0.15, 0.2) is 30.3 Å². The lowest BCUT2D eigenvalue weighted by Crippen LogP contribution is -2.53. The number of hydroxylamine groups is 2. The second-order valence-electron chi connectivity index (χ2n) is 10.4. The summed E-state index contributed by atoms with van der Waals surface area (Å²) >= 11 is 0. The Hall–Kier alpha value is -1.04. The first kappa shape index (κ1) is 34.0. The van der Waals surface area contributed by atoms with Gasteiger partial charge in [-0.15, -0.1) is 0 Å². The molecule has 8 heteroatoms. The average Bonchev–Trinajstić information content (AvgIpc) is 2.95. The van der Waals surface area contributed by atoms with E-state index in [-0.39, 0.29) is 30.0 Å². The van der Waals surface area contributed by atoms with Crippen molar-refractivity contribution in [3.05, 3.63) is 35.9 Å². The number of rotatable bonds is 19. The molecule has 0 fully saturated rings. The molecule has 1 aromatic rings. The summed E-state index contributed by atoms with van der Waals surface area (Å²) < 4.78 is 20.5. The predicted molar refractivity (Wildman–Crippen MR) is 158 cm³/mol. The SMILES string of the molecule is CC[Si](CC)(CC)O[C@@H]([C@@H](C)[C@@H](COCc1ccccc1)O[Si](CC)(CC)CC)[C@@H](C)C(=O)N(C)OC. The second kappa shape index (κ2) is 16.8. The Morgan fingerprint density at radius 2 is 1.32 bits per heavy atom. The van der Waals surface area contributed by atoms with Gasteiger partial charge in [0.1, 0.15) is 0 Å². The van der Waals surface area contributed by atoms with Crippen LogP contribution in [-0.2, 0) is 29.8 Å². The zero-order valence-corrected chi connectivity index (χ0v) is 27.3. The molecule has 0 unspecified atom stereocenters. The molecule has 1 aromatic carbocycles. The molecule has 214 valence electrons. The minimum Gasteiger partial charge on any atom is -0.413 e. The Kier molecular flexibility index (Phi) is 15.5. The minimum absolute atomic E-state index is 0.0203. The van der Waals surface area contributed by atoms with Crippen LogP contribution in [0.5, 0.6) is 0 Å². The van der Waals surface area contributed by atoms with Crippen LogP contribution in [0.2, 0.25) is 36.3 Å². The third-order valence-corrected chi connectivity index (χ3v) is 17.9. The van der Waals surface area contributed by atoms with Crippen LogP contribution < -0.4 is 0 Å². The molecule has 0 saturated carbocycles. The molecule has 0 saturated heterocycles. The zero-order chi connectivity index (χ0) is 28.1. The fraction of sp³-hybridized carbons (Fsp3) is 0.759. The molecule has 0 aliphatic rings. The van der Waals surface area contributed by atoms with E-state index >= 15 is 0 Å². The van der Waals surface area contributed by atoms with Crippen LogP contribution in [0.4, 0.5) is 0 Å². The van der Waals surface area contributed by atoms with Crippen LogP contribution in [-0.4, -0.2) is 60.6 Å². The van der Waals surface area contributed by atoms with Crippen molar-refractivity contribution in [2.45, 2.75) is 110 Å². The molecule has 0 aliphatic heterocycles. The van der Waals surface area contributed by atoms with E-state index in [0.29, 0.717) is 13.2 Å². The standard InChI is InChI=1S/C29H55NO5Si2/c1-11-36(12-2,13-3)34-27(23-33-22-26-20-18-17-19-21-26)24(7)28(25(8)29(31)30(9)32-10)35-37(14-4,15-5)16-6/h17-21,24-25,27-28H,11-16,22-23H2,1-10H3/t24-,25+,27+,28-/m0/s1. The van der Waals surface area contributed by atoms with Gasteiger partial charge in [0.05, 0.1) is 38.4 Å². The Balaban J connectivity index is 3.38. The van der Waals surface area contributed by atoms with Gasteiger partial charge in [0.25, 0.3) is 5.91 Å². The van der Waals surface area contributed by atoms with E-state index in [1.54, 1.807) is 7.05 Å². The Morgan fingerprint density at radius 1 is 0.838 bits per heavy atom. The minimum atomic E-state index is -2.01. The largest absolute Gasteiger partial charge is 0.413 e. The van der Waals surface area contributed by atoms with Gasteiger partial charge in [0.15, 0.2) is 16.6 Å². The fourth-order valence-electron chi connectivity index (χ4n) is 5.16. The summed E-state index contributed by atoms with van der Waals surface area (Å²) in [5.74, 6) is -0.454. The summed E-state index contributed by atoms with van der Waals surface area (Å²) in [7, 11) is -0.744. The van der Waals surface area contributed by atoms with Gasteiger partial charge < -0.3 is 13.6 Å². The van der Waals surface area contributed by atoms with Crippen molar-refractivity contribution in [3.8, 4) is 0 Å². The van der Waals surface area contributed by atoms with Gasteiger partial charge in [-0.3, -0.25) is 9.63 Å². The number of carbonyl (C=O) groups is 1. The van der Waals surface area contributed by atoms with Gasteiger partial charge >= 0.3 is 0 Å². The molecule has 6 nitrogen and oxygen atoms in total. The van der Waals surface area contributed by atoms with Gasteiger partial charge in [-0.2, -0.15) is 0 Å². The van der Waals surface area contributed by atoms with Crippen molar-refractivity contribution in [3.63, 3.8) is 0 Å². The maximum atomic E-state index is 13.3. The van der Waals surface area contributed by atoms with E-state index in [1.807, 2.05) is 25.1 Å². The summed E-state index contributed by atoms with van der Waals surface area (Å²) in [5, 5.41) is 1.33. The summed E-state index contributed by atoms with van der Waals surface area (Å²) in [6, 6.07) is 16.5. The monoisotopic (exact) mass is 553 g/mol. The van der Waals surface area contributed by atoms with Crippen molar-refractivity contribution in [2.24, 2.45) is 11.8 Å². The first-order chi connectivity index (χ1) is 17.6. The molecule has 0 radical (unpaired) electrons. The van der Waals surface area contributed by atoms with Crippen LogP contribution in [0.3, 0.4) is 0 Å². The Bertz CT molecular complexity index is 741. The number of amides is 1. The summed E-state index contributed by atoms with van der Waals surface area (Å²) in [6.45, 7) is 18.6. The molecule has 0 aromatic heterocycles. The second-order valence-corrected chi connectivity index (χ2v) is 19.8. The highest BCUT2D eigenvalue weighted by Gasteiger charge is 2.43. The quantitative estimate of drug-likeness (QED) is 0.133. The van der Waals surface area contributed by atoms with E-state index in [0.717, 1.165) is 41.8 Å². The molecule has 0 heterocycles. The number of carbonyl (C=O) groups excluding carboxylic acids is 1. The smallest absolute Gasteiger partial charge is 0.251 e. The molecule has 4 atom stereocenters. The van der Waals surface area contributed by atoms with Crippen molar-refractivity contribution in [1.82, 2.24) is 5.06 Å². The Labute approximate surface area is 229 Å². The predicted octanol–water partition coefficient (Wildman–Crippen LogP) is 7.28. The van der Waals surface area contributed by atoms with Crippen molar-refractivity contribution < 1.29 is 23.2 Å². The fourth-order valence-corrected chi connectivity index (χ4v) is 11.1. The lowest BCUT2D eigenvalue weighted by Gasteiger charge is -2.43. The maximum Gasteiger partial charge on any atom is 0.251 e.